The highest BCUT2D eigenvalue weighted by molar-refractivity contribution is 6.23. The number of hydrogen-bond donors (Lipinski definition) is 0. The van der Waals surface area contributed by atoms with Crippen LogP contribution >= 0.6 is 0 Å². The number of rotatable bonds is 3. The summed E-state index contributed by atoms with van der Waals surface area (Å²) in [6, 6.07) is 55.6. The van der Waals surface area contributed by atoms with Gasteiger partial charge in [-0.2, -0.15) is 0 Å². The quantitative estimate of drug-likeness (QED) is 0.183. The van der Waals surface area contributed by atoms with Crippen molar-refractivity contribution in [1.29, 1.82) is 0 Å². The summed E-state index contributed by atoms with van der Waals surface area (Å²) < 4.78 is 19.0. The Kier molecular flexibility index (Phi) is 5.38. The largest absolute Gasteiger partial charge is 0.456 e. The second-order valence-corrected chi connectivity index (χ2v) is 12.8. The third-order valence-corrected chi connectivity index (χ3v) is 10.1. The first kappa shape index (κ1) is 26.5. The van der Waals surface area contributed by atoms with E-state index in [0.29, 0.717) is 0 Å². The minimum Gasteiger partial charge on any atom is -0.456 e. The Balaban J connectivity index is 1.14. The van der Waals surface area contributed by atoms with Crippen LogP contribution in [0.5, 0.6) is 0 Å². The Morgan fingerprint density at radius 1 is 0.265 bits per heavy atom. The van der Waals surface area contributed by atoms with Gasteiger partial charge in [-0.1, -0.05) is 109 Å². The first-order chi connectivity index (χ1) is 24.3. The molecule has 0 atom stereocenters. The molecule has 0 N–H and O–H groups in total. The Bertz CT molecular complexity index is 3040. The Morgan fingerprint density at radius 2 is 0.796 bits per heavy atom. The number of benzene rings is 8. The van der Waals surface area contributed by atoms with E-state index in [1.165, 1.54) is 32.7 Å². The van der Waals surface area contributed by atoms with Crippen molar-refractivity contribution in [3.05, 3.63) is 158 Å². The molecule has 0 unspecified atom stereocenters. The van der Waals surface area contributed by atoms with Crippen LogP contribution in [0.1, 0.15) is 0 Å². The standard InChI is InChI=1S/C46H26O3/c1-2-10-27(11-3-1)41-25-30-23-38-37-22-28(19-21-40(37)48-44(38)26-42(30)49-41)45-33-13-4-6-15-35(33)46(36-16-7-5-14-34(36)45)29-18-20-32-31-12-8-9-17-39(31)47-43(32)24-29/h1-26H. The summed E-state index contributed by atoms with van der Waals surface area (Å²) in [6.07, 6.45) is 0. The van der Waals surface area contributed by atoms with E-state index in [0.717, 1.165) is 77.3 Å². The molecule has 0 aliphatic rings. The van der Waals surface area contributed by atoms with Gasteiger partial charge in [0.1, 0.15) is 33.7 Å². The topological polar surface area (TPSA) is 39.4 Å². The van der Waals surface area contributed by atoms with Gasteiger partial charge in [0.2, 0.25) is 0 Å². The van der Waals surface area contributed by atoms with Crippen LogP contribution in [0.15, 0.2) is 171 Å². The van der Waals surface area contributed by atoms with Gasteiger partial charge >= 0.3 is 0 Å². The Labute approximate surface area is 280 Å². The first-order valence-corrected chi connectivity index (χ1v) is 16.6. The maximum Gasteiger partial charge on any atom is 0.139 e. The summed E-state index contributed by atoms with van der Waals surface area (Å²) in [5, 5.41) is 10.3. The highest BCUT2D eigenvalue weighted by atomic mass is 16.3. The van der Waals surface area contributed by atoms with Gasteiger partial charge in [-0.05, 0) is 86.3 Å². The molecule has 11 aromatic rings. The van der Waals surface area contributed by atoms with E-state index in [1.54, 1.807) is 0 Å². The predicted molar refractivity (Wildman–Crippen MR) is 202 cm³/mol. The maximum absolute atomic E-state index is 6.41. The number of fused-ring (bicyclic) bond motifs is 9. The van der Waals surface area contributed by atoms with Crippen molar-refractivity contribution in [3.63, 3.8) is 0 Å². The fraction of sp³-hybridized carbons (Fsp3) is 0. The summed E-state index contributed by atoms with van der Waals surface area (Å²) in [6.45, 7) is 0. The van der Waals surface area contributed by atoms with Crippen molar-refractivity contribution in [2.24, 2.45) is 0 Å². The van der Waals surface area contributed by atoms with Gasteiger partial charge in [0, 0.05) is 38.6 Å². The molecule has 228 valence electrons. The lowest BCUT2D eigenvalue weighted by molar-refractivity contribution is 0.628. The average Bonchev–Trinajstić information content (AvgIpc) is 3.85. The minimum absolute atomic E-state index is 0.819. The molecule has 0 bridgehead atoms. The molecular weight excluding hydrogens is 601 g/mol. The van der Waals surface area contributed by atoms with Gasteiger partial charge in [-0.3, -0.25) is 0 Å². The second-order valence-electron chi connectivity index (χ2n) is 12.8. The van der Waals surface area contributed by atoms with Crippen LogP contribution in [-0.2, 0) is 0 Å². The molecule has 0 saturated heterocycles. The van der Waals surface area contributed by atoms with Gasteiger partial charge in [0.15, 0.2) is 0 Å². The fourth-order valence-electron chi connectivity index (χ4n) is 7.84. The molecule has 0 amide bonds. The monoisotopic (exact) mass is 626 g/mol. The van der Waals surface area contributed by atoms with E-state index in [-0.39, 0.29) is 0 Å². The molecule has 0 spiro atoms. The molecule has 0 aliphatic carbocycles. The summed E-state index contributed by atoms with van der Waals surface area (Å²) in [4.78, 5) is 0. The average molecular weight is 627 g/mol. The normalized spacial score (nSPS) is 12.1. The van der Waals surface area contributed by atoms with E-state index in [4.69, 9.17) is 13.3 Å². The van der Waals surface area contributed by atoms with Crippen molar-refractivity contribution in [1.82, 2.24) is 0 Å². The van der Waals surface area contributed by atoms with Crippen molar-refractivity contribution in [2.45, 2.75) is 0 Å². The zero-order valence-electron chi connectivity index (χ0n) is 26.2. The van der Waals surface area contributed by atoms with Crippen molar-refractivity contribution in [2.75, 3.05) is 0 Å². The molecule has 3 heterocycles. The lowest BCUT2D eigenvalue weighted by Crippen LogP contribution is -1.90. The number of furan rings is 3. The van der Waals surface area contributed by atoms with Crippen LogP contribution in [0.25, 0.3) is 110 Å². The lowest BCUT2D eigenvalue weighted by Gasteiger charge is -2.17. The summed E-state index contributed by atoms with van der Waals surface area (Å²) in [5.74, 6) is 0.853. The third-order valence-electron chi connectivity index (χ3n) is 10.1. The van der Waals surface area contributed by atoms with Crippen molar-refractivity contribution < 1.29 is 13.3 Å². The van der Waals surface area contributed by atoms with Gasteiger partial charge in [0.05, 0.1) is 0 Å². The zero-order valence-corrected chi connectivity index (χ0v) is 26.2. The van der Waals surface area contributed by atoms with Crippen molar-refractivity contribution >= 4 is 76.4 Å². The highest BCUT2D eigenvalue weighted by Gasteiger charge is 2.19. The summed E-state index contributed by atoms with van der Waals surface area (Å²) in [7, 11) is 0. The van der Waals surface area contributed by atoms with E-state index < -0.39 is 0 Å². The number of hydrogen-bond acceptors (Lipinski definition) is 3. The summed E-state index contributed by atoms with van der Waals surface area (Å²) >= 11 is 0. The molecule has 3 aromatic heterocycles. The lowest BCUT2D eigenvalue weighted by atomic mass is 9.85. The van der Waals surface area contributed by atoms with Crippen LogP contribution in [0.2, 0.25) is 0 Å². The third kappa shape index (κ3) is 3.90. The molecule has 0 radical (unpaired) electrons. The SMILES string of the molecule is c1ccc(-c2cc3cc4c(cc3o2)oc2ccc(-c3c5ccccc5c(-c5ccc6c(c5)oc5ccccc56)c5ccccc35)cc24)cc1. The number of para-hydroxylation sites is 1. The van der Waals surface area contributed by atoms with Gasteiger partial charge in [-0.25, -0.2) is 0 Å². The van der Waals surface area contributed by atoms with E-state index >= 15 is 0 Å². The highest BCUT2D eigenvalue weighted by Crippen LogP contribution is 2.46. The Morgan fingerprint density at radius 3 is 1.51 bits per heavy atom. The van der Waals surface area contributed by atoms with Crippen molar-refractivity contribution in [3.8, 4) is 33.6 Å². The molecule has 0 saturated carbocycles. The smallest absolute Gasteiger partial charge is 0.139 e. The van der Waals surface area contributed by atoms with Crippen LogP contribution in [0, 0.1) is 0 Å². The Hall–Kier alpha value is -6.58. The van der Waals surface area contributed by atoms with Crippen LogP contribution in [0.4, 0.5) is 0 Å². The first-order valence-electron chi connectivity index (χ1n) is 16.6. The van der Waals surface area contributed by atoms with Gasteiger partial charge in [-0.15, -0.1) is 0 Å². The molecule has 3 heteroatoms. The van der Waals surface area contributed by atoms with Crippen LogP contribution < -0.4 is 0 Å². The molecular formula is C46H26O3. The van der Waals surface area contributed by atoms with E-state index in [2.05, 4.69) is 121 Å². The molecule has 0 fully saturated rings. The van der Waals surface area contributed by atoms with E-state index in [1.807, 2.05) is 36.4 Å². The van der Waals surface area contributed by atoms with Crippen LogP contribution in [-0.4, -0.2) is 0 Å². The molecule has 3 nitrogen and oxygen atoms in total. The van der Waals surface area contributed by atoms with Gasteiger partial charge < -0.3 is 13.3 Å². The molecule has 49 heavy (non-hydrogen) atoms. The van der Waals surface area contributed by atoms with Gasteiger partial charge in [0.25, 0.3) is 0 Å². The zero-order chi connectivity index (χ0) is 32.1. The summed E-state index contributed by atoms with van der Waals surface area (Å²) in [5.41, 5.74) is 10.1. The molecule has 11 rings (SSSR count). The predicted octanol–water partition coefficient (Wildman–Crippen LogP) is 13.5. The second kappa shape index (κ2) is 9.96. The minimum atomic E-state index is 0.819. The molecule has 0 aliphatic heterocycles. The van der Waals surface area contributed by atoms with E-state index in [9.17, 15) is 0 Å². The van der Waals surface area contributed by atoms with Crippen LogP contribution in [0.3, 0.4) is 0 Å². The molecule has 8 aromatic carbocycles. The fourth-order valence-corrected chi connectivity index (χ4v) is 7.84. The maximum atomic E-state index is 6.41.